The molecule has 0 unspecified atom stereocenters. The summed E-state index contributed by atoms with van der Waals surface area (Å²) in [6, 6.07) is 0. The summed E-state index contributed by atoms with van der Waals surface area (Å²) in [4.78, 5) is 0. The topological polar surface area (TPSA) is 50.7 Å². The lowest BCUT2D eigenvalue weighted by Gasteiger charge is -1.90. The zero-order chi connectivity index (χ0) is 6.28. The fourth-order valence-corrected chi connectivity index (χ4v) is 0. The minimum absolute atomic E-state index is 0.884. The minimum Gasteiger partial charge on any atom is -0.637 e. The summed E-state index contributed by atoms with van der Waals surface area (Å²) >= 11 is 0. The monoisotopic (exact) mass is 105 g/mol. The second kappa shape index (κ2) is 9.33. The largest absolute Gasteiger partial charge is 0.637 e. The molecular formula is C5H15NO. The highest BCUT2D eigenvalue weighted by molar-refractivity contribution is 4.32. The lowest BCUT2D eigenvalue weighted by atomic mass is 10.2. The molecule has 2 heteroatoms. The molecule has 0 aromatic rings. The summed E-state index contributed by atoms with van der Waals surface area (Å²) in [5.74, 6) is 2.88. The van der Waals surface area contributed by atoms with E-state index in [-0.39, 0.29) is 0 Å². The van der Waals surface area contributed by atoms with Gasteiger partial charge >= 0.3 is 0 Å². The molecule has 0 aromatic heterocycles. The summed E-state index contributed by atoms with van der Waals surface area (Å²) in [6.45, 7) is 6.64. The quantitative estimate of drug-likeness (QED) is 0.492. The fourth-order valence-electron chi connectivity index (χ4n) is 0. The molecule has 0 aliphatic rings. The van der Waals surface area contributed by atoms with E-state index in [0.717, 1.165) is 5.92 Å². The van der Waals surface area contributed by atoms with Crippen LogP contribution in [0.4, 0.5) is 0 Å². The summed E-state index contributed by atoms with van der Waals surface area (Å²) in [5.41, 5.74) is 0. The highest BCUT2D eigenvalue weighted by Crippen LogP contribution is 1.93. The molecule has 0 rings (SSSR count). The van der Waals surface area contributed by atoms with Crippen LogP contribution in [0, 0.1) is 11.1 Å². The molecule has 7 heavy (non-hydrogen) atoms. The van der Waals surface area contributed by atoms with Gasteiger partial charge in [-0.05, 0) is 5.92 Å². The maximum absolute atomic E-state index is 8.00. The zero-order valence-corrected chi connectivity index (χ0v) is 5.40. The maximum Gasteiger partial charge on any atom is -0.0474 e. The lowest BCUT2D eigenvalue weighted by Crippen LogP contribution is -2.37. The highest BCUT2D eigenvalue weighted by atomic mass is 16.4. The average Bonchev–Trinajstić information content (AvgIpc) is 1.73. The molecule has 46 valence electrons. The first-order chi connectivity index (χ1) is 3.27. The number of hydrogen-bond donors (Lipinski definition) is 1. The fraction of sp³-hybridized carbons (Fsp3) is 1.00. The minimum atomic E-state index is 0.884. The summed E-state index contributed by atoms with van der Waals surface area (Å²) in [5, 5.41) is 8.00. The third kappa shape index (κ3) is 24.7. The van der Waals surface area contributed by atoms with Crippen LogP contribution in [-0.4, -0.2) is 0 Å². The van der Waals surface area contributed by atoms with E-state index >= 15 is 0 Å². The van der Waals surface area contributed by atoms with Gasteiger partial charge < -0.3 is 11.1 Å². The first-order valence-corrected chi connectivity index (χ1v) is 2.56. The smallest absolute Gasteiger partial charge is 0.0474 e. The SMILES string of the molecule is CCC(C)C.[NH3+][O-]. The van der Waals surface area contributed by atoms with E-state index in [0.29, 0.717) is 0 Å². The Hall–Kier alpha value is -0.0800. The second-order valence-electron chi connectivity index (χ2n) is 1.80. The summed E-state index contributed by atoms with van der Waals surface area (Å²) < 4.78 is 0. The van der Waals surface area contributed by atoms with E-state index in [9.17, 15) is 0 Å². The third-order valence-corrected chi connectivity index (χ3v) is 0.816. The van der Waals surface area contributed by atoms with Crippen LogP contribution in [0.3, 0.4) is 0 Å². The van der Waals surface area contributed by atoms with Gasteiger partial charge in [-0.1, -0.05) is 27.2 Å². The van der Waals surface area contributed by atoms with Gasteiger partial charge in [0, 0.05) is 0 Å². The Kier molecular flexibility index (Phi) is 13.3. The van der Waals surface area contributed by atoms with Crippen molar-refractivity contribution in [3.63, 3.8) is 0 Å². The molecule has 0 bridgehead atoms. The Bertz CT molecular complexity index is 22.0. The molecule has 0 aliphatic heterocycles. The van der Waals surface area contributed by atoms with Crippen LogP contribution >= 0.6 is 0 Å². The molecular weight excluding hydrogens is 90.1 g/mol. The molecule has 0 radical (unpaired) electrons. The maximum atomic E-state index is 8.00. The van der Waals surface area contributed by atoms with E-state index in [1.807, 2.05) is 5.90 Å². The molecule has 0 spiro atoms. The first kappa shape index (κ1) is 10.0. The molecule has 0 amide bonds. The van der Waals surface area contributed by atoms with Gasteiger partial charge in [0.15, 0.2) is 0 Å². The van der Waals surface area contributed by atoms with Crippen molar-refractivity contribution in [1.82, 2.24) is 0 Å². The lowest BCUT2D eigenvalue weighted by molar-refractivity contribution is -0.275. The molecule has 0 heterocycles. The zero-order valence-electron chi connectivity index (χ0n) is 5.40. The predicted molar refractivity (Wildman–Crippen MR) is 31.4 cm³/mol. The van der Waals surface area contributed by atoms with E-state index in [2.05, 4.69) is 20.8 Å². The molecule has 0 saturated carbocycles. The molecule has 0 saturated heterocycles. The molecule has 0 fully saturated rings. The number of quaternary nitrogens is 1. The van der Waals surface area contributed by atoms with Crippen molar-refractivity contribution in [1.29, 1.82) is 0 Å². The van der Waals surface area contributed by atoms with Crippen molar-refractivity contribution >= 4 is 0 Å². The van der Waals surface area contributed by atoms with Crippen molar-refractivity contribution in [2.24, 2.45) is 5.92 Å². The van der Waals surface area contributed by atoms with Crippen LogP contribution in [0.1, 0.15) is 27.2 Å². The van der Waals surface area contributed by atoms with Gasteiger partial charge in [0.1, 0.15) is 0 Å². The predicted octanol–water partition coefficient (Wildman–Crippen LogP) is 0.779. The van der Waals surface area contributed by atoms with Gasteiger partial charge in [-0.3, -0.25) is 0 Å². The van der Waals surface area contributed by atoms with Gasteiger partial charge in [0.25, 0.3) is 0 Å². The second-order valence-corrected chi connectivity index (χ2v) is 1.80. The van der Waals surface area contributed by atoms with Crippen LogP contribution in [0.25, 0.3) is 0 Å². The molecule has 2 nitrogen and oxygen atoms in total. The van der Waals surface area contributed by atoms with Crippen molar-refractivity contribution in [2.45, 2.75) is 27.2 Å². The van der Waals surface area contributed by atoms with Crippen LogP contribution < -0.4 is 5.90 Å². The van der Waals surface area contributed by atoms with Gasteiger partial charge in [-0.2, -0.15) is 0 Å². The molecule has 0 atom stereocenters. The molecule has 3 N–H and O–H groups in total. The number of hydrogen-bond acceptors (Lipinski definition) is 1. The van der Waals surface area contributed by atoms with Crippen LogP contribution in [0.15, 0.2) is 0 Å². The van der Waals surface area contributed by atoms with Crippen molar-refractivity contribution in [3.8, 4) is 0 Å². The highest BCUT2D eigenvalue weighted by Gasteiger charge is 1.80. The Balaban J connectivity index is 0. The van der Waals surface area contributed by atoms with Crippen LogP contribution in [0.5, 0.6) is 0 Å². The van der Waals surface area contributed by atoms with Crippen molar-refractivity contribution < 1.29 is 5.90 Å². The Labute approximate surface area is 45.3 Å². The molecule has 0 aliphatic carbocycles. The Morgan fingerprint density at radius 2 is 1.57 bits per heavy atom. The van der Waals surface area contributed by atoms with E-state index in [4.69, 9.17) is 5.21 Å². The van der Waals surface area contributed by atoms with Gasteiger partial charge in [0.2, 0.25) is 0 Å². The van der Waals surface area contributed by atoms with Gasteiger partial charge in [-0.25, -0.2) is 0 Å². The van der Waals surface area contributed by atoms with Crippen molar-refractivity contribution in [2.75, 3.05) is 0 Å². The normalized spacial score (nSPS) is 7.71. The summed E-state index contributed by atoms with van der Waals surface area (Å²) in [6.07, 6.45) is 1.31. The third-order valence-electron chi connectivity index (χ3n) is 0.816. The number of rotatable bonds is 1. The van der Waals surface area contributed by atoms with Crippen molar-refractivity contribution in [3.05, 3.63) is 5.21 Å². The summed E-state index contributed by atoms with van der Waals surface area (Å²) in [7, 11) is 0. The Morgan fingerprint density at radius 3 is 1.57 bits per heavy atom. The van der Waals surface area contributed by atoms with Crippen LogP contribution in [-0.2, 0) is 0 Å². The van der Waals surface area contributed by atoms with Gasteiger partial charge in [-0.15, -0.1) is 0 Å². The standard InChI is InChI=1S/C5H12.H3NO/c1-4-5(2)3;1-2/h5H,4H2,1-3H3;1H3. The van der Waals surface area contributed by atoms with Gasteiger partial charge in [0.05, 0.1) is 0 Å². The average molecular weight is 105 g/mol. The first-order valence-electron chi connectivity index (χ1n) is 2.56. The molecule has 0 aromatic carbocycles. The van der Waals surface area contributed by atoms with E-state index in [1.165, 1.54) is 6.42 Å². The van der Waals surface area contributed by atoms with E-state index in [1.54, 1.807) is 0 Å². The van der Waals surface area contributed by atoms with Crippen LogP contribution in [0.2, 0.25) is 0 Å². The Morgan fingerprint density at radius 1 is 1.43 bits per heavy atom. The van der Waals surface area contributed by atoms with E-state index < -0.39 is 0 Å².